The lowest BCUT2D eigenvalue weighted by Crippen LogP contribution is -2.37. The minimum atomic E-state index is -0.580. The summed E-state index contributed by atoms with van der Waals surface area (Å²) in [5.41, 5.74) is 6.39. The Balaban J connectivity index is 1.65. The van der Waals surface area contributed by atoms with Gasteiger partial charge in [0.25, 0.3) is 11.8 Å². The Morgan fingerprint density at radius 3 is 2.24 bits per heavy atom. The highest BCUT2D eigenvalue weighted by Crippen LogP contribution is 2.13. The number of carbonyl (C=O) groups is 3. The van der Waals surface area contributed by atoms with Crippen molar-refractivity contribution in [1.29, 1.82) is 0 Å². The number of primary amides is 1. The molecule has 25 heavy (non-hydrogen) atoms. The van der Waals surface area contributed by atoms with Gasteiger partial charge in [-0.3, -0.25) is 19.4 Å². The second-order valence-corrected chi connectivity index (χ2v) is 6.53. The maximum absolute atomic E-state index is 12.6. The third-order valence-electron chi connectivity index (χ3n) is 4.11. The number of hydrogen-bond donors (Lipinski definition) is 1. The molecule has 3 amide bonds. The second kappa shape index (κ2) is 7.43. The molecule has 1 aliphatic heterocycles. The van der Waals surface area contributed by atoms with Gasteiger partial charge in [0.15, 0.2) is 0 Å². The van der Waals surface area contributed by atoms with Gasteiger partial charge in [-0.15, -0.1) is 0 Å². The van der Waals surface area contributed by atoms with Crippen molar-refractivity contribution in [2.45, 2.75) is 6.42 Å². The number of pyridine rings is 1. The van der Waals surface area contributed by atoms with Crippen LogP contribution in [0.3, 0.4) is 0 Å². The second-order valence-electron chi connectivity index (χ2n) is 5.75. The molecule has 1 saturated heterocycles. The molecular formula is C17H18N4O3S. The highest BCUT2D eigenvalue weighted by Gasteiger charge is 2.24. The van der Waals surface area contributed by atoms with Gasteiger partial charge in [-0.1, -0.05) is 0 Å². The van der Waals surface area contributed by atoms with Crippen molar-refractivity contribution in [2.24, 2.45) is 5.73 Å². The summed E-state index contributed by atoms with van der Waals surface area (Å²) in [6, 6.07) is 4.80. The quantitative estimate of drug-likeness (QED) is 0.892. The van der Waals surface area contributed by atoms with Gasteiger partial charge < -0.3 is 15.5 Å². The van der Waals surface area contributed by atoms with Gasteiger partial charge in [0.1, 0.15) is 5.69 Å². The minimum Gasteiger partial charge on any atom is -0.366 e. The molecule has 3 rings (SSSR count). The lowest BCUT2D eigenvalue weighted by atomic mass is 10.2. The molecule has 2 N–H and O–H groups in total. The Labute approximate surface area is 149 Å². The van der Waals surface area contributed by atoms with Gasteiger partial charge >= 0.3 is 0 Å². The number of amides is 3. The predicted molar refractivity (Wildman–Crippen MR) is 93.5 cm³/mol. The van der Waals surface area contributed by atoms with E-state index in [0.717, 1.165) is 0 Å². The van der Waals surface area contributed by atoms with Crippen molar-refractivity contribution in [1.82, 2.24) is 14.8 Å². The zero-order valence-electron chi connectivity index (χ0n) is 13.6. The van der Waals surface area contributed by atoms with Crippen LogP contribution in [-0.4, -0.2) is 58.7 Å². The molecule has 8 heteroatoms. The molecule has 2 aromatic heterocycles. The van der Waals surface area contributed by atoms with E-state index >= 15 is 0 Å². The predicted octanol–water partition coefficient (Wildman–Crippen LogP) is 1.23. The lowest BCUT2D eigenvalue weighted by molar-refractivity contribution is 0.0716. The van der Waals surface area contributed by atoms with Crippen LogP contribution in [-0.2, 0) is 0 Å². The van der Waals surface area contributed by atoms with Crippen LogP contribution >= 0.6 is 11.3 Å². The molecule has 0 atom stereocenters. The third-order valence-corrected chi connectivity index (χ3v) is 4.79. The average Bonchev–Trinajstić information content (AvgIpc) is 3.05. The van der Waals surface area contributed by atoms with Crippen molar-refractivity contribution in [2.75, 3.05) is 26.2 Å². The van der Waals surface area contributed by atoms with Gasteiger partial charge in [-0.25, -0.2) is 0 Å². The number of carbonyl (C=O) groups excluding carboxylic acids is 3. The summed E-state index contributed by atoms with van der Waals surface area (Å²) in [5, 5.41) is 3.71. The first kappa shape index (κ1) is 17.1. The van der Waals surface area contributed by atoms with Crippen LogP contribution in [0.5, 0.6) is 0 Å². The van der Waals surface area contributed by atoms with Gasteiger partial charge in [-0.05, 0) is 30.0 Å². The van der Waals surface area contributed by atoms with Crippen molar-refractivity contribution in [3.63, 3.8) is 0 Å². The Morgan fingerprint density at radius 2 is 1.68 bits per heavy atom. The number of aromatic nitrogens is 1. The van der Waals surface area contributed by atoms with E-state index in [0.29, 0.717) is 38.2 Å². The fourth-order valence-corrected chi connectivity index (χ4v) is 3.35. The summed E-state index contributed by atoms with van der Waals surface area (Å²) in [6.07, 6.45) is 2.01. The van der Waals surface area contributed by atoms with E-state index in [1.807, 2.05) is 16.8 Å². The molecule has 7 nitrogen and oxygen atoms in total. The maximum atomic E-state index is 12.6. The Bertz CT molecular complexity index is 774. The summed E-state index contributed by atoms with van der Waals surface area (Å²) in [5.74, 6) is -0.788. The number of thiophene rings is 1. The number of nitrogens with zero attached hydrogens (tertiary/aromatic N) is 3. The average molecular weight is 358 g/mol. The Hall–Kier alpha value is -2.74. The normalized spacial score (nSPS) is 14.9. The van der Waals surface area contributed by atoms with E-state index in [1.54, 1.807) is 9.80 Å². The van der Waals surface area contributed by atoms with E-state index in [2.05, 4.69) is 4.98 Å². The highest BCUT2D eigenvalue weighted by molar-refractivity contribution is 7.08. The molecule has 0 unspecified atom stereocenters. The minimum absolute atomic E-state index is 0.000477. The molecule has 0 spiro atoms. The number of rotatable bonds is 3. The van der Waals surface area contributed by atoms with E-state index in [4.69, 9.17) is 5.73 Å². The largest absolute Gasteiger partial charge is 0.366 e. The van der Waals surface area contributed by atoms with Crippen molar-refractivity contribution in [3.05, 3.63) is 52.0 Å². The highest BCUT2D eigenvalue weighted by atomic mass is 32.1. The van der Waals surface area contributed by atoms with E-state index in [-0.39, 0.29) is 23.1 Å². The first-order valence-electron chi connectivity index (χ1n) is 7.93. The third kappa shape index (κ3) is 3.85. The lowest BCUT2D eigenvalue weighted by Gasteiger charge is -2.21. The van der Waals surface area contributed by atoms with Crippen LogP contribution in [0, 0.1) is 0 Å². The molecule has 0 saturated carbocycles. The molecule has 0 aromatic carbocycles. The Kier molecular flexibility index (Phi) is 5.08. The van der Waals surface area contributed by atoms with Gasteiger partial charge in [-0.2, -0.15) is 11.3 Å². The van der Waals surface area contributed by atoms with Crippen LogP contribution in [0.15, 0.2) is 35.2 Å². The summed E-state index contributed by atoms with van der Waals surface area (Å²) in [4.78, 5) is 43.6. The van der Waals surface area contributed by atoms with Gasteiger partial charge in [0, 0.05) is 37.8 Å². The molecule has 130 valence electrons. The standard InChI is InChI=1S/C17H18N4O3S/c18-15(22)12-2-3-14(19-10-12)17(24)21-6-1-5-20(7-8-21)16(23)13-4-9-25-11-13/h2-4,9-11H,1,5-8H2,(H2,18,22). The smallest absolute Gasteiger partial charge is 0.272 e. The van der Waals surface area contributed by atoms with E-state index in [1.165, 1.54) is 29.7 Å². The van der Waals surface area contributed by atoms with E-state index in [9.17, 15) is 14.4 Å². The van der Waals surface area contributed by atoms with Crippen molar-refractivity contribution < 1.29 is 14.4 Å². The van der Waals surface area contributed by atoms with Crippen LogP contribution in [0.4, 0.5) is 0 Å². The van der Waals surface area contributed by atoms with Crippen LogP contribution < -0.4 is 5.73 Å². The van der Waals surface area contributed by atoms with E-state index < -0.39 is 5.91 Å². The molecule has 0 radical (unpaired) electrons. The summed E-state index contributed by atoms with van der Waals surface area (Å²) < 4.78 is 0. The van der Waals surface area contributed by atoms with Gasteiger partial charge in [0.2, 0.25) is 5.91 Å². The first-order chi connectivity index (χ1) is 12.1. The van der Waals surface area contributed by atoms with Crippen LogP contribution in [0.25, 0.3) is 0 Å². The SMILES string of the molecule is NC(=O)c1ccc(C(=O)N2CCCN(C(=O)c3ccsc3)CC2)nc1. The van der Waals surface area contributed by atoms with Crippen molar-refractivity contribution in [3.8, 4) is 0 Å². The number of nitrogens with two attached hydrogens (primary N) is 1. The summed E-state index contributed by atoms with van der Waals surface area (Å²) in [6.45, 7) is 2.12. The maximum Gasteiger partial charge on any atom is 0.272 e. The molecule has 0 aliphatic carbocycles. The zero-order chi connectivity index (χ0) is 17.8. The molecule has 1 aliphatic rings. The summed E-state index contributed by atoms with van der Waals surface area (Å²) >= 11 is 1.49. The topological polar surface area (TPSA) is 96.6 Å². The summed E-state index contributed by atoms with van der Waals surface area (Å²) in [7, 11) is 0. The van der Waals surface area contributed by atoms with Crippen LogP contribution in [0.1, 0.15) is 37.6 Å². The molecule has 1 fully saturated rings. The fraction of sp³-hybridized carbons (Fsp3) is 0.294. The monoisotopic (exact) mass is 358 g/mol. The molecular weight excluding hydrogens is 340 g/mol. The zero-order valence-corrected chi connectivity index (χ0v) is 14.4. The fourth-order valence-electron chi connectivity index (χ4n) is 2.72. The van der Waals surface area contributed by atoms with Gasteiger partial charge in [0.05, 0.1) is 11.1 Å². The number of hydrogen-bond acceptors (Lipinski definition) is 5. The van der Waals surface area contributed by atoms with Crippen LogP contribution in [0.2, 0.25) is 0 Å². The molecule has 2 aromatic rings. The Morgan fingerprint density at radius 1 is 0.960 bits per heavy atom. The first-order valence-corrected chi connectivity index (χ1v) is 8.87. The molecule has 3 heterocycles. The molecule has 0 bridgehead atoms. The van der Waals surface area contributed by atoms with Crippen molar-refractivity contribution >= 4 is 29.1 Å².